The molecule has 1 aromatic carbocycles. The van der Waals surface area contributed by atoms with Gasteiger partial charge < -0.3 is 9.14 Å². The SMILES string of the molecule is CN(C)S(=O)(=O)c1cccc(C(=O)OCc2cn3cc(Cl)ccc3n2)c1. The molecule has 7 nitrogen and oxygen atoms in total. The second-order valence-electron chi connectivity index (χ2n) is 5.74. The Morgan fingerprint density at radius 3 is 2.73 bits per heavy atom. The van der Waals surface area contributed by atoms with Gasteiger partial charge in [-0.1, -0.05) is 17.7 Å². The summed E-state index contributed by atoms with van der Waals surface area (Å²) in [6.07, 6.45) is 3.41. The van der Waals surface area contributed by atoms with Gasteiger partial charge in [0.25, 0.3) is 0 Å². The van der Waals surface area contributed by atoms with Crippen molar-refractivity contribution in [2.75, 3.05) is 14.1 Å². The van der Waals surface area contributed by atoms with Crippen molar-refractivity contribution in [1.29, 1.82) is 0 Å². The average molecular weight is 394 g/mol. The number of sulfonamides is 1. The summed E-state index contributed by atoms with van der Waals surface area (Å²) in [5, 5.41) is 0.567. The van der Waals surface area contributed by atoms with Crippen LogP contribution in [0.3, 0.4) is 0 Å². The van der Waals surface area contributed by atoms with E-state index >= 15 is 0 Å². The van der Waals surface area contributed by atoms with Crippen molar-refractivity contribution in [3.05, 3.63) is 65.1 Å². The van der Waals surface area contributed by atoms with E-state index in [-0.39, 0.29) is 17.1 Å². The zero-order chi connectivity index (χ0) is 18.9. The highest BCUT2D eigenvalue weighted by Gasteiger charge is 2.19. The van der Waals surface area contributed by atoms with Crippen molar-refractivity contribution in [2.24, 2.45) is 0 Å². The molecule has 0 unspecified atom stereocenters. The van der Waals surface area contributed by atoms with E-state index in [1.165, 1.54) is 38.4 Å². The van der Waals surface area contributed by atoms with Crippen molar-refractivity contribution < 1.29 is 17.9 Å². The van der Waals surface area contributed by atoms with Gasteiger partial charge in [-0.3, -0.25) is 0 Å². The van der Waals surface area contributed by atoms with E-state index < -0.39 is 16.0 Å². The molecule has 0 aliphatic heterocycles. The van der Waals surface area contributed by atoms with Gasteiger partial charge in [0.2, 0.25) is 10.0 Å². The molecule has 0 bridgehead atoms. The highest BCUT2D eigenvalue weighted by molar-refractivity contribution is 7.89. The first-order chi connectivity index (χ1) is 12.3. The summed E-state index contributed by atoms with van der Waals surface area (Å²) in [4.78, 5) is 16.6. The van der Waals surface area contributed by atoms with E-state index in [1.807, 2.05) is 0 Å². The van der Waals surface area contributed by atoms with Gasteiger partial charge in [0, 0.05) is 26.5 Å². The monoisotopic (exact) mass is 393 g/mol. The Hall–Kier alpha value is -2.42. The fraction of sp³-hybridized carbons (Fsp3) is 0.176. The molecule has 0 aliphatic rings. The number of benzene rings is 1. The van der Waals surface area contributed by atoms with Crippen LogP contribution in [0.4, 0.5) is 0 Å². The van der Waals surface area contributed by atoms with Crippen LogP contribution in [-0.2, 0) is 21.4 Å². The number of ether oxygens (including phenoxy) is 1. The van der Waals surface area contributed by atoms with E-state index in [2.05, 4.69) is 4.98 Å². The van der Waals surface area contributed by atoms with Crippen molar-refractivity contribution in [1.82, 2.24) is 13.7 Å². The molecule has 0 atom stereocenters. The summed E-state index contributed by atoms with van der Waals surface area (Å²) in [6, 6.07) is 9.19. The molecule has 26 heavy (non-hydrogen) atoms. The lowest BCUT2D eigenvalue weighted by atomic mass is 10.2. The number of nitrogens with zero attached hydrogens (tertiary/aromatic N) is 3. The number of carbonyl (C=O) groups excluding carboxylic acids is 1. The molecule has 3 rings (SSSR count). The summed E-state index contributed by atoms with van der Waals surface area (Å²) in [6.45, 7) is -0.0389. The number of halogens is 1. The summed E-state index contributed by atoms with van der Waals surface area (Å²) < 4.78 is 32.4. The Labute approximate surface area is 155 Å². The smallest absolute Gasteiger partial charge is 0.338 e. The van der Waals surface area contributed by atoms with Gasteiger partial charge in [0.05, 0.1) is 21.2 Å². The predicted molar refractivity (Wildman–Crippen MR) is 96.6 cm³/mol. The van der Waals surface area contributed by atoms with Crippen molar-refractivity contribution in [3.8, 4) is 0 Å². The largest absolute Gasteiger partial charge is 0.456 e. The third kappa shape index (κ3) is 3.72. The molecule has 0 fully saturated rings. The lowest BCUT2D eigenvalue weighted by Gasteiger charge is -2.12. The second kappa shape index (κ2) is 7.06. The van der Waals surface area contributed by atoms with Crippen LogP contribution in [-0.4, -0.2) is 42.2 Å². The third-order valence-electron chi connectivity index (χ3n) is 3.66. The van der Waals surface area contributed by atoms with Gasteiger partial charge in [-0.05, 0) is 30.3 Å². The molecular weight excluding hydrogens is 378 g/mol. The van der Waals surface area contributed by atoms with Gasteiger partial charge >= 0.3 is 5.97 Å². The van der Waals surface area contributed by atoms with Gasteiger partial charge in [-0.25, -0.2) is 22.5 Å². The number of carbonyl (C=O) groups is 1. The van der Waals surface area contributed by atoms with E-state index in [9.17, 15) is 13.2 Å². The van der Waals surface area contributed by atoms with Gasteiger partial charge in [-0.15, -0.1) is 0 Å². The van der Waals surface area contributed by atoms with Gasteiger partial charge in [0.15, 0.2) is 0 Å². The first-order valence-corrected chi connectivity index (χ1v) is 9.42. The van der Waals surface area contributed by atoms with Crippen LogP contribution >= 0.6 is 11.6 Å². The Morgan fingerprint density at radius 2 is 2.00 bits per heavy atom. The summed E-state index contributed by atoms with van der Waals surface area (Å²) in [5.74, 6) is -0.629. The van der Waals surface area contributed by atoms with Crippen LogP contribution in [0.5, 0.6) is 0 Å². The molecule has 3 aromatic rings. The minimum Gasteiger partial charge on any atom is -0.456 e. The molecule has 0 aliphatic carbocycles. The average Bonchev–Trinajstić information content (AvgIpc) is 3.01. The number of pyridine rings is 1. The fourth-order valence-corrected chi connectivity index (χ4v) is 3.42. The molecule has 2 heterocycles. The van der Waals surface area contributed by atoms with Crippen LogP contribution in [0.2, 0.25) is 5.02 Å². The minimum absolute atomic E-state index is 0.0272. The predicted octanol–water partition coefficient (Wildman–Crippen LogP) is 2.60. The number of fused-ring (bicyclic) bond motifs is 1. The van der Waals surface area contributed by atoms with Crippen molar-refractivity contribution >= 4 is 33.2 Å². The minimum atomic E-state index is -3.62. The Kier molecular flexibility index (Phi) is 4.99. The number of aromatic nitrogens is 2. The maximum absolute atomic E-state index is 12.2. The number of imidazole rings is 1. The highest BCUT2D eigenvalue weighted by Crippen LogP contribution is 2.16. The number of rotatable bonds is 5. The molecule has 0 amide bonds. The van der Waals surface area contributed by atoms with Crippen LogP contribution < -0.4 is 0 Å². The number of esters is 1. The van der Waals surface area contributed by atoms with Crippen molar-refractivity contribution in [2.45, 2.75) is 11.5 Å². The zero-order valence-electron chi connectivity index (χ0n) is 14.1. The quantitative estimate of drug-likeness (QED) is 0.622. The standard InChI is InChI=1S/C17H16ClN3O4S/c1-20(2)26(23,24)15-5-3-4-12(8-15)17(22)25-11-14-10-21-9-13(18)6-7-16(21)19-14/h3-10H,11H2,1-2H3. The molecule has 0 radical (unpaired) electrons. The van der Waals surface area contributed by atoms with E-state index in [1.54, 1.807) is 28.9 Å². The van der Waals surface area contributed by atoms with E-state index in [4.69, 9.17) is 16.3 Å². The summed E-state index contributed by atoms with van der Waals surface area (Å²) in [7, 11) is -0.771. The van der Waals surface area contributed by atoms with Crippen LogP contribution in [0, 0.1) is 0 Å². The first kappa shape index (κ1) is 18.4. The maximum atomic E-state index is 12.2. The lowest BCUT2D eigenvalue weighted by molar-refractivity contribution is 0.0468. The molecule has 2 aromatic heterocycles. The molecule has 136 valence electrons. The number of hydrogen-bond donors (Lipinski definition) is 0. The third-order valence-corrected chi connectivity index (χ3v) is 5.70. The van der Waals surface area contributed by atoms with Gasteiger partial charge in [-0.2, -0.15) is 0 Å². The second-order valence-corrected chi connectivity index (χ2v) is 8.32. The molecule has 0 spiro atoms. The van der Waals surface area contributed by atoms with Crippen LogP contribution in [0.25, 0.3) is 5.65 Å². The number of hydrogen-bond acceptors (Lipinski definition) is 5. The molecule has 9 heteroatoms. The van der Waals surface area contributed by atoms with Gasteiger partial charge in [0.1, 0.15) is 12.3 Å². The Bertz CT molecular complexity index is 1080. The molecule has 0 saturated heterocycles. The van der Waals surface area contributed by atoms with Crippen LogP contribution in [0.1, 0.15) is 16.1 Å². The summed E-state index contributed by atoms with van der Waals surface area (Å²) >= 11 is 5.92. The molecular formula is C17H16ClN3O4S. The molecule has 0 N–H and O–H groups in total. The fourth-order valence-electron chi connectivity index (χ4n) is 2.30. The first-order valence-electron chi connectivity index (χ1n) is 7.60. The van der Waals surface area contributed by atoms with Crippen molar-refractivity contribution in [3.63, 3.8) is 0 Å². The topological polar surface area (TPSA) is 81.0 Å². The zero-order valence-corrected chi connectivity index (χ0v) is 15.7. The normalized spacial score (nSPS) is 11.8. The van der Waals surface area contributed by atoms with E-state index in [0.29, 0.717) is 16.4 Å². The van der Waals surface area contributed by atoms with Crippen LogP contribution in [0.15, 0.2) is 53.7 Å². The Morgan fingerprint density at radius 1 is 1.23 bits per heavy atom. The maximum Gasteiger partial charge on any atom is 0.338 e. The van der Waals surface area contributed by atoms with E-state index in [0.717, 1.165) is 4.31 Å². The molecule has 0 saturated carbocycles. The summed E-state index contributed by atoms with van der Waals surface area (Å²) in [5.41, 5.74) is 1.39. The highest BCUT2D eigenvalue weighted by atomic mass is 35.5. The Balaban J connectivity index is 1.75. The lowest BCUT2D eigenvalue weighted by Crippen LogP contribution is -2.22.